The zero-order chi connectivity index (χ0) is 30.2. The van der Waals surface area contributed by atoms with Gasteiger partial charge in [-0.15, -0.1) is 0 Å². The van der Waals surface area contributed by atoms with E-state index in [1.807, 2.05) is 4.90 Å². The molecular weight excluding hydrogens is 592 g/mol. The Balaban J connectivity index is 1.13. The highest BCUT2D eigenvalue weighted by atomic mass is 35.5. The van der Waals surface area contributed by atoms with Crippen LogP contribution < -0.4 is 25.2 Å². The maximum atomic E-state index is 13.6. The molecule has 43 heavy (non-hydrogen) atoms. The minimum atomic E-state index is -3.78. The van der Waals surface area contributed by atoms with Gasteiger partial charge in [-0.3, -0.25) is 9.59 Å². The van der Waals surface area contributed by atoms with E-state index in [4.69, 9.17) is 16.3 Å². The lowest BCUT2D eigenvalue weighted by Gasteiger charge is -2.35. The van der Waals surface area contributed by atoms with Crippen molar-refractivity contribution in [2.45, 2.75) is 45.2 Å². The average molecular weight is 627 g/mol. The molecule has 3 fully saturated rings. The molecule has 2 N–H and O–H groups in total. The molecular formula is C30H35ClN6O5S. The third-order valence-electron chi connectivity index (χ3n) is 8.12. The van der Waals surface area contributed by atoms with Crippen LogP contribution in [0.25, 0.3) is 5.69 Å². The number of rotatable bonds is 11. The van der Waals surface area contributed by atoms with Crippen molar-refractivity contribution in [3.63, 3.8) is 0 Å². The van der Waals surface area contributed by atoms with Crippen LogP contribution in [-0.2, 0) is 16.8 Å². The normalized spacial score (nSPS) is 18.3. The summed E-state index contributed by atoms with van der Waals surface area (Å²) in [5.74, 6) is 0.0516. The molecule has 3 aromatic rings. The van der Waals surface area contributed by atoms with E-state index in [0.717, 1.165) is 25.7 Å². The Morgan fingerprint density at radius 3 is 2.53 bits per heavy atom. The highest BCUT2D eigenvalue weighted by Crippen LogP contribution is 2.45. The largest absolute Gasteiger partial charge is 0.486 e. The number of amides is 1. The quantitative estimate of drug-likeness (QED) is 0.335. The van der Waals surface area contributed by atoms with Crippen molar-refractivity contribution in [1.82, 2.24) is 24.1 Å². The number of carbonyl (C=O) groups excluding carboxylic acids is 1. The third-order valence-corrected chi connectivity index (χ3v) is 9.90. The first-order valence-corrected chi connectivity index (χ1v) is 16.3. The molecule has 13 heteroatoms. The standard InChI is InChI=1S/C30H35ClN6O5S/c1-30(10-11-30)20-42-27-26(19-32-37(29(27)39)25-7-3-6-23(31)17-25)35-12-14-36(15-13-35)43(40,41)33-18-21-4-2-5-22(16-21)28(38)34-24-8-9-24/h2-7,16-17,19,24,33H,8-15,18,20H2,1H3,(H,34,38). The van der Waals surface area contributed by atoms with Gasteiger partial charge in [0.15, 0.2) is 0 Å². The summed E-state index contributed by atoms with van der Waals surface area (Å²) in [5, 5.41) is 7.84. The first kappa shape index (κ1) is 29.6. The number of piperazine rings is 1. The summed E-state index contributed by atoms with van der Waals surface area (Å²) in [6.45, 7) is 3.74. The minimum absolute atomic E-state index is 0.0485. The van der Waals surface area contributed by atoms with E-state index >= 15 is 0 Å². The highest BCUT2D eigenvalue weighted by molar-refractivity contribution is 7.87. The molecule has 0 atom stereocenters. The van der Waals surface area contributed by atoms with Crippen molar-refractivity contribution in [2.75, 3.05) is 37.7 Å². The van der Waals surface area contributed by atoms with Gasteiger partial charge < -0.3 is 15.0 Å². The van der Waals surface area contributed by atoms with Gasteiger partial charge in [-0.25, -0.2) is 0 Å². The first-order valence-electron chi connectivity index (χ1n) is 14.5. The summed E-state index contributed by atoms with van der Waals surface area (Å²) in [4.78, 5) is 27.9. The van der Waals surface area contributed by atoms with Gasteiger partial charge in [-0.1, -0.05) is 36.7 Å². The Labute approximate surface area is 256 Å². The van der Waals surface area contributed by atoms with Crippen LogP contribution in [0.5, 0.6) is 5.75 Å². The molecule has 3 aliphatic rings. The summed E-state index contributed by atoms with van der Waals surface area (Å²) in [7, 11) is -3.78. The molecule has 1 aromatic heterocycles. The summed E-state index contributed by atoms with van der Waals surface area (Å²) in [6, 6.07) is 14.1. The van der Waals surface area contributed by atoms with Crippen LogP contribution in [0.2, 0.25) is 5.02 Å². The van der Waals surface area contributed by atoms with Crippen molar-refractivity contribution in [3.8, 4) is 11.4 Å². The van der Waals surface area contributed by atoms with E-state index in [9.17, 15) is 18.0 Å². The number of ether oxygens (including phenoxy) is 1. The second kappa shape index (κ2) is 11.9. The van der Waals surface area contributed by atoms with Gasteiger partial charge in [0.25, 0.3) is 16.1 Å². The predicted octanol–water partition coefficient (Wildman–Crippen LogP) is 3.11. The lowest BCUT2D eigenvalue weighted by atomic mass is 10.1. The Morgan fingerprint density at radius 1 is 1.09 bits per heavy atom. The van der Waals surface area contributed by atoms with Crippen molar-refractivity contribution in [3.05, 3.63) is 81.2 Å². The van der Waals surface area contributed by atoms with Gasteiger partial charge >= 0.3 is 5.56 Å². The van der Waals surface area contributed by atoms with E-state index < -0.39 is 15.8 Å². The van der Waals surface area contributed by atoms with Crippen LogP contribution in [0.4, 0.5) is 5.69 Å². The lowest BCUT2D eigenvalue weighted by Crippen LogP contribution is -2.52. The molecule has 1 saturated heterocycles. The average Bonchev–Trinajstić information content (AvgIpc) is 3.94. The van der Waals surface area contributed by atoms with Crippen molar-refractivity contribution >= 4 is 33.4 Å². The fourth-order valence-electron chi connectivity index (χ4n) is 4.94. The summed E-state index contributed by atoms with van der Waals surface area (Å²) >= 11 is 6.16. The van der Waals surface area contributed by atoms with E-state index in [-0.39, 0.29) is 42.7 Å². The molecule has 1 aliphatic heterocycles. The number of nitrogens with zero attached hydrogens (tertiary/aromatic N) is 4. The summed E-state index contributed by atoms with van der Waals surface area (Å²) in [5.41, 5.74) is 1.93. The summed E-state index contributed by atoms with van der Waals surface area (Å²) in [6.07, 6.45) is 5.67. The Bertz CT molecular complexity index is 1680. The molecule has 0 spiro atoms. The van der Waals surface area contributed by atoms with Crippen LogP contribution >= 0.6 is 11.6 Å². The second-order valence-corrected chi connectivity index (χ2v) is 14.0. The lowest BCUT2D eigenvalue weighted by molar-refractivity contribution is 0.0951. The molecule has 0 radical (unpaired) electrons. The number of halogens is 1. The predicted molar refractivity (Wildman–Crippen MR) is 164 cm³/mol. The number of hydrogen-bond donors (Lipinski definition) is 2. The van der Waals surface area contributed by atoms with Gasteiger partial charge in [0.05, 0.1) is 18.5 Å². The maximum absolute atomic E-state index is 13.6. The molecule has 0 bridgehead atoms. The van der Waals surface area contributed by atoms with Gasteiger partial charge in [-0.05, 0) is 61.6 Å². The fourth-order valence-corrected chi connectivity index (χ4v) is 6.30. The van der Waals surface area contributed by atoms with E-state index in [1.54, 1.807) is 54.7 Å². The molecule has 1 amide bonds. The molecule has 2 saturated carbocycles. The second-order valence-electron chi connectivity index (χ2n) is 11.8. The van der Waals surface area contributed by atoms with E-state index in [1.165, 1.54) is 8.99 Å². The summed E-state index contributed by atoms with van der Waals surface area (Å²) < 4.78 is 37.8. The SMILES string of the molecule is CC1(COc2c(N3CCN(S(=O)(=O)NCc4cccc(C(=O)NC5CC5)c4)CC3)cnn(-c3cccc(Cl)c3)c2=O)CC1. The van der Waals surface area contributed by atoms with Gasteiger partial charge in [0, 0.05) is 54.8 Å². The molecule has 228 valence electrons. The topological polar surface area (TPSA) is 126 Å². The van der Waals surface area contributed by atoms with Crippen LogP contribution in [0, 0.1) is 5.41 Å². The maximum Gasteiger partial charge on any atom is 0.316 e. The van der Waals surface area contributed by atoms with Gasteiger partial charge in [-0.2, -0.15) is 27.2 Å². The number of anilines is 1. The van der Waals surface area contributed by atoms with Crippen LogP contribution in [0.3, 0.4) is 0 Å². The fraction of sp³-hybridized carbons (Fsp3) is 0.433. The zero-order valence-corrected chi connectivity index (χ0v) is 25.5. The number of nitrogens with one attached hydrogen (secondary N) is 2. The third kappa shape index (κ3) is 7.04. The van der Waals surface area contributed by atoms with E-state index in [0.29, 0.717) is 47.2 Å². The molecule has 2 aliphatic carbocycles. The van der Waals surface area contributed by atoms with Crippen LogP contribution in [0.1, 0.15) is 48.5 Å². The number of carbonyl (C=O) groups is 1. The molecule has 11 nitrogen and oxygen atoms in total. The molecule has 2 heterocycles. The smallest absolute Gasteiger partial charge is 0.316 e. The Morgan fingerprint density at radius 2 is 1.84 bits per heavy atom. The van der Waals surface area contributed by atoms with Gasteiger partial charge in [0.1, 0.15) is 5.69 Å². The minimum Gasteiger partial charge on any atom is -0.486 e. The van der Waals surface area contributed by atoms with Crippen LogP contribution in [0.15, 0.2) is 59.5 Å². The van der Waals surface area contributed by atoms with Crippen molar-refractivity contribution < 1.29 is 17.9 Å². The Hall–Kier alpha value is -3.45. The number of benzene rings is 2. The van der Waals surface area contributed by atoms with Crippen molar-refractivity contribution in [1.29, 1.82) is 0 Å². The van der Waals surface area contributed by atoms with Gasteiger partial charge in [0.2, 0.25) is 5.75 Å². The van der Waals surface area contributed by atoms with Crippen molar-refractivity contribution in [2.24, 2.45) is 5.41 Å². The molecule has 6 rings (SSSR count). The first-order chi connectivity index (χ1) is 20.6. The molecule has 2 aromatic carbocycles. The number of hydrogen-bond acceptors (Lipinski definition) is 7. The number of aromatic nitrogens is 2. The molecule has 0 unspecified atom stereocenters. The van der Waals surface area contributed by atoms with E-state index in [2.05, 4.69) is 22.1 Å². The zero-order valence-electron chi connectivity index (χ0n) is 24.0. The monoisotopic (exact) mass is 626 g/mol. The Kier molecular flexibility index (Phi) is 8.20. The van der Waals surface area contributed by atoms with Crippen LogP contribution in [-0.4, -0.2) is 67.2 Å². The highest BCUT2D eigenvalue weighted by Gasteiger charge is 2.39.